The fraction of sp³-hybridized carbons (Fsp3) is 0.533. The van der Waals surface area contributed by atoms with E-state index in [0.717, 1.165) is 24.6 Å². The molecule has 0 spiro atoms. The van der Waals surface area contributed by atoms with E-state index >= 15 is 0 Å². The van der Waals surface area contributed by atoms with Crippen LogP contribution in [0.4, 0.5) is 4.39 Å². The highest BCUT2D eigenvalue weighted by molar-refractivity contribution is 5.79. The zero-order chi connectivity index (χ0) is 15.0. The molecule has 4 nitrogen and oxygen atoms in total. The first kappa shape index (κ1) is 16.4. The minimum atomic E-state index is -0.211. The Morgan fingerprint density at radius 1 is 1.25 bits per heavy atom. The monoisotopic (exact) mass is 280 g/mol. The lowest BCUT2D eigenvalue weighted by Gasteiger charge is -2.23. The zero-order valence-corrected chi connectivity index (χ0v) is 12.8. The third-order valence-corrected chi connectivity index (χ3v) is 2.97. The number of nitrogens with zero attached hydrogens (tertiary/aromatic N) is 2. The number of hydrogen-bond acceptors (Lipinski definition) is 2. The van der Waals surface area contributed by atoms with Crippen LogP contribution in [0.2, 0.25) is 0 Å². The molecule has 0 aromatic heterocycles. The van der Waals surface area contributed by atoms with E-state index in [-0.39, 0.29) is 11.9 Å². The van der Waals surface area contributed by atoms with E-state index < -0.39 is 0 Å². The van der Waals surface area contributed by atoms with Gasteiger partial charge in [0.05, 0.1) is 12.6 Å². The molecule has 1 unspecified atom stereocenters. The summed E-state index contributed by atoms with van der Waals surface area (Å²) >= 11 is 0. The van der Waals surface area contributed by atoms with Gasteiger partial charge < -0.3 is 15.5 Å². The molecule has 0 saturated carbocycles. The van der Waals surface area contributed by atoms with Crippen molar-refractivity contribution in [1.29, 1.82) is 0 Å². The lowest BCUT2D eigenvalue weighted by Crippen LogP contribution is -2.37. The molecule has 0 radical (unpaired) electrons. The molecule has 0 amide bonds. The molecule has 5 heteroatoms. The van der Waals surface area contributed by atoms with Crippen LogP contribution in [0.25, 0.3) is 0 Å². The van der Waals surface area contributed by atoms with E-state index in [0.29, 0.717) is 6.54 Å². The second-order valence-corrected chi connectivity index (χ2v) is 4.78. The van der Waals surface area contributed by atoms with Crippen LogP contribution >= 0.6 is 0 Å². The molecule has 112 valence electrons. The summed E-state index contributed by atoms with van der Waals surface area (Å²) in [7, 11) is 3.95. The van der Waals surface area contributed by atoms with Gasteiger partial charge in [-0.2, -0.15) is 0 Å². The van der Waals surface area contributed by atoms with Gasteiger partial charge in [-0.3, -0.25) is 4.99 Å². The predicted molar refractivity (Wildman–Crippen MR) is 82.5 cm³/mol. The molecule has 0 saturated heterocycles. The fourth-order valence-corrected chi connectivity index (χ4v) is 1.97. The minimum absolute atomic E-state index is 0.0537. The van der Waals surface area contributed by atoms with Crippen LogP contribution in [0.15, 0.2) is 29.3 Å². The Balaban J connectivity index is 2.84. The summed E-state index contributed by atoms with van der Waals surface area (Å²) in [6.45, 7) is 6.27. The van der Waals surface area contributed by atoms with Crippen LogP contribution in [-0.2, 0) is 0 Å². The summed E-state index contributed by atoms with van der Waals surface area (Å²) in [6, 6.07) is 6.75. The van der Waals surface area contributed by atoms with Gasteiger partial charge in [0.25, 0.3) is 0 Å². The number of likely N-dealkylation sites (N-methyl/N-ethyl adjacent to an activating group) is 1. The van der Waals surface area contributed by atoms with Crippen molar-refractivity contribution in [2.24, 2.45) is 4.99 Å². The first-order valence-electron chi connectivity index (χ1n) is 7.02. The van der Waals surface area contributed by atoms with Crippen molar-refractivity contribution in [3.8, 4) is 0 Å². The van der Waals surface area contributed by atoms with Gasteiger partial charge >= 0.3 is 0 Å². The van der Waals surface area contributed by atoms with Crippen LogP contribution in [-0.4, -0.2) is 44.6 Å². The largest absolute Gasteiger partial charge is 0.357 e. The van der Waals surface area contributed by atoms with Gasteiger partial charge in [0.2, 0.25) is 0 Å². The third-order valence-electron chi connectivity index (χ3n) is 2.97. The van der Waals surface area contributed by atoms with Gasteiger partial charge in [-0.25, -0.2) is 4.39 Å². The number of hydrogen-bond donors (Lipinski definition) is 2. The Kier molecular flexibility index (Phi) is 7.01. The van der Waals surface area contributed by atoms with E-state index in [9.17, 15) is 4.39 Å². The molecule has 0 aliphatic heterocycles. The Labute approximate surface area is 121 Å². The standard InChI is InChI=1S/C15H25FN4/c1-5-17-15(18-6-2)19-11-14(20(3)4)12-8-7-9-13(16)10-12/h7-10,14H,5-6,11H2,1-4H3,(H2,17,18,19). The molecule has 20 heavy (non-hydrogen) atoms. The second-order valence-electron chi connectivity index (χ2n) is 4.78. The second kappa shape index (κ2) is 8.53. The van der Waals surface area contributed by atoms with Crippen molar-refractivity contribution in [3.63, 3.8) is 0 Å². The van der Waals surface area contributed by atoms with E-state index in [2.05, 4.69) is 15.6 Å². The first-order chi connectivity index (χ1) is 9.58. The number of benzene rings is 1. The molecule has 1 aromatic carbocycles. The highest BCUT2D eigenvalue weighted by Crippen LogP contribution is 2.19. The molecule has 0 bridgehead atoms. The van der Waals surface area contributed by atoms with Crippen molar-refractivity contribution in [2.45, 2.75) is 19.9 Å². The van der Waals surface area contributed by atoms with Crippen LogP contribution in [0, 0.1) is 5.82 Å². The molecule has 1 aromatic rings. The van der Waals surface area contributed by atoms with Gasteiger partial charge in [0.15, 0.2) is 5.96 Å². The predicted octanol–water partition coefficient (Wildman–Crippen LogP) is 2.00. The third kappa shape index (κ3) is 5.17. The zero-order valence-electron chi connectivity index (χ0n) is 12.8. The van der Waals surface area contributed by atoms with Crippen LogP contribution in [0.3, 0.4) is 0 Å². The number of aliphatic imine (C=N–C) groups is 1. The highest BCUT2D eigenvalue weighted by Gasteiger charge is 2.14. The van der Waals surface area contributed by atoms with Crippen LogP contribution in [0.1, 0.15) is 25.5 Å². The quantitative estimate of drug-likeness (QED) is 0.618. The Hall–Kier alpha value is -1.62. The van der Waals surface area contributed by atoms with Crippen LogP contribution in [0.5, 0.6) is 0 Å². The highest BCUT2D eigenvalue weighted by atomic mass is 19.1. The van der Waals surface area contributed by atoms with Crippen molar-refractivity contribution < 1.29 is 4.39 Å². The summed E-state index contributed by atoms with van der Waals surface area (Å²) in [5.74, 6) is 0.579. The molecule has 0 fully saturated rings. The average Bonchev–Trinajstić information content (AvgIpc) is 2.39. The number of guanidine groups is 1. The maximum Gasteiger partial charge on any atom is 0.191 e. The van der Waals surface area contributed by atoms with E-state index in [1.165, 1.54) is 6.07 Å². The lowest BCUT2D eigenvalue weighted by atomic mass is 10.1. The van der Waals surface area contributed by atoms with E-state index in [1.807, 2.05) is 38.9 Å². The van der Waals surface area contributed by atoms with Crippen molar-refractivity contribution >= 4 is 5.96 Å². The molecule has 1 rings (SSSR count). The topological polar surface area (TPSA) is 39.7 Å². The summed E-state index contributed by atoms with van der Waals surface area (Å²) in [6.07, 6.45) is 0. The molecular weight excluding hydrogens is 255 g/mol. The smallest absolute Gasteiger partial charge is 0.191 e. The normalized spacial score (nSPS) is 12.1. The summed E-state index contributed by atoms with van der Waals surface area (Å²) in [4.78, 5) is 6.61. The Bertz CT molecular complexity index is 424. The SMILES string of the molecule is CCNC(=NCC(c1cccc(F)c1)N(C)C)NCC. The van der Waals surface area contributed by atoms with Gasteiger partial charge in [-0.05, 0) is 45.6 Å². The lowest BCUT2D eigenvalue weighted by molar-refractivity contribution is 0.305. The van der Waals surface area contributed by atoms with Gasteiger partial charge in [0, 0.05) is 13.1 Å². The van der Waals surface area contributed by atoms with Gasteiger partial charge in [-0.15, -0.1) is 0 Å². The summed E-state index contributed by atoms with van der Waals surface area (Å²) < 4.78 is 13.4. The number of halogens is 1. The maximum atomic E-state index is 13.4. The molecule has 1 atom stereocenters. The van der Waals surface area contributed by atoms with Crippen molar-refractivity contribution in [3.05, 3.63) is 35.6 Å². The molecular formula is C15H25FN4. The van der Waals surface area contributed by atoms with Gasteiger partial charge in [0.1, 0.15) is 5.82 Å². The molecule has 2 N–H and O–H groups in total. The molecule has 0 aliphatic rings. The molecule has 0 aliphatic carbocycles. The average molecular weight is 280 g/mol. The fourth-order valence-electron chi connectivity index (χ4n) is 1.97. The summed E-state index contributed by atoms with van der Waals surface area (Å²) in [5, 5.41) is 6.37. The van der Waals surface area contributed by atoms with Crippen LogP contribution < -0.4 is 10.6 Å². The number of rotatable bonds is 6. The minimum Gasteiger partial charge on any atom is -0.357 e. The number of nitrogens with one attached hydrogen (secondary N) is 2. The summed E-state index contributed by atoms with van der Waals surface area (Å²) in [5.41, 5.74) is 0.936. The van der Waals surface area contributed by atoms with Crippen molar-refractivity contribution in [2.75, 3.05) is 33.7 Å². The van der Waals surface area contributed by atoms with E-state index in [1.54, 1.807) is 12.1 Å². The van der Waals surface area contributed by atoms with Gasteiger partial charge in [-0.1, -0.05) is 12.1 Å². The maximum absolute atomic E-state index is 13.4. The first-order valence-corrected chi connectivity index (χ1v) is 7.02. The van der Waals surface area contributed by atoms with Crippen molar-refractivity contribution in [1.82, 2.24) is 15.5 Å². The Morgan fingerprint density at radius 2 is 1.90 bits per heavy atom. The Morgan fingerprint density at radius 3 is 2.40 bits per heavy atom. The van der Waals surface area contributed by atoms with E-state index in [4.69, 9.17) is 0 Å². The molecule has 0 heterocycles.